The number of Topliss-reactive ketones (excluding diaryl/α,β-unsaturated/α-hetero) is 2. The van der Waals surface area contributed by atoms with Gasteiger partial charge in [-0.1, -0.05) is 12.1 Å². The second-order valence-corrected chi connectivity index (χ2v) is 10.8. The topological polar surface area (TPSA) is 272 Å². The van der Waals surface area contributed by atoms with Crippen LogP contribution in [0.3, 0.4) is 0 Å². The Bertz CT molecular complexity index is 1210. The van der Waals surface area contributed by atoms with Crippen LogP contribution in [0, 0.1) is 11.8 Å². The van der Waals surface area contributed by atoms with E-state index >= 15 is 0 Å². The van der Waals surface area contributed by atoms with Gasteiger partial charge in [-0.05, 0) is 51.4 Å². The van der Waals surface area contributed by atoms with Gasteiger partial charge in [-0.15, -0.1) is 0 Å². The molecule has 9 N–H and O–H groups in total. The van der Waals surface area contributed by atoms with Crippen LogP contribution in [0.4, 0.5) is 0 Å². The third kappa shape index (κ3) is 15.1. The molecule has 0 saturated heterocycles. The Balaban J connectivity index is 3.06. The van der Waals surface area contributed by atoms with Crippen LogP contribution in [0.15, 0.2) is 24.3 Å². The molecule has 17 heteroatoms. The summed E-state index contributed by atoms with van der Waals surface area (Å²) in [5.74, 6) is -7.70. The van der Waals surface area contributed by atoms with E-state index < -0.39 is 85.2 Å². The lowest BCUT2D eigenvalue weighted by molar-refractivity contribution is -0.150. The molecule has 0 aliphatic heterocycles. The summed E-state index contributed by atoms with van der Waals surface area (Å²) in [6.07, 6.45) is -0.656. The predicted octanol–water partition coefficient (Wildman–Crippen LogP) is -1.67. The summed E-state index contributed by atoms with van der Waals surface area (Å²) in [5.41, 5.74) is -0.0711. The molecule has 0 radical (unpaired) electrons. The average Bonchev–Trinajstić information content (AvgIpc) is 3.04. The molecule has 1 aromatic rings. The molecular weight excluding hydrogens is 622 g/mol. The highest BCUT2D eigenvalue weighted by atomic mass is 16.5. The van der Waals surface area contributed by atoms with E-state index in [0.717, 1.165) is 0 Å². The first-order valence-corrected chi connectivity index (χ1v) is 15.1. The lowest BCUT2D eigenvalue weighted by Gasteiger charge is -2.24. The van der Waals surface area contributed by atoms with E-state index in [0.29, 0.717) is 18.0 Å². The molecule has 4 amide bonds. The number of carboxylic acids is 1. The van der Waals surface area contributed by atoms with Gasteiger partial charge in [-0.3, -0.25) is 38.8 Å². The minimum atomic E-state index is -1.54. The van der Waals surface area contributed by atoms with E-state index in [2.05, 4.69) is 21.3 Å². The molecule has 0 fully saturated rings. The highest BCUT2D eigenvalue weighted by Crippen LogP contribution is 2.20. The van der Waals surface area contributed by atoms with Gasteiger partial charge in [0.15, 0.2) is 11.6 Å². The van der Waals surface area contributed by atoms with Crippen LogP contribution in [-0.2, 0) is 28.8 Å². The van der Waals surface area contributed by atoms with Crippen LogP contribution in [0.2, 0.25) is 0 Å². The monoisotopic (exact) mass is 667 g/mol. The van der Waals surface area contributed by atoms with Gasteiger partial charge < -0.3 is 41.7 Å². The maximum Gasteiger partial charge on any atom is 0.305 e. The Morgan fingerprint density at radius 3 is 2.11 bits per heavy atom. The zero-order valence-corrected chi connectivity index (χ0v) is 26.2. The number of nitrogens with one attached hydrogen (secondary N) is 4. The lowest BCUT2D eigenvalue weighted by atomic mass is 9.92. The number of benzene rings is 1. The fourth-order valence-corrected chi connectivity index (χ4v) is 4.52. The van der Waals surface area contributed by atoms with Crippen molar-refractivity contribution in [3.63, 3.8) is 0 Å². The van der Waals surface area contributed by atoms with E-state index in [1.807, 2.05) is 0 Å². The molecule has 47 heavy (non-hydrogen) atoms. The zero-order valence-electron chi connectivity index (χ0n) is 26.2. The van der Waals surface area contributed by atoms with Gasteiger partial charge in [0.05, 0.1) is 31.1 Å². The van der Waals surface area contributed by atoms with Crippen molar-refractivity contribution in [2.45, 2.75) is 57.0 Å². The second kappa shape index (κ2) is 22.1. The molecule has 0 aliphatic carbocycles. The maximum absolute atomic E-state index is 13.4. The maximum atomic E-state index is 13.4. The van der Waals surface area contributed by atoms with Crippen molar-refractivity contribution < 1.29 is 59.2 Å². The number of ketones is 2. The number of carboxylic acid groups (broad SMARTS) is 1. The normalized spacial score (nSPS) is 13.4. The first-order valence-electron chi connectivity index (χ1n) is 15.1. The summed E-state index contributed by atoms with van der Waals surface area (Å²) in [6.45, 7) is -1.55. The molecule has 1 aromatic carbocycles. The molecule has 0 aromatic heterocycles. The van der Waals surface area contributed by atoms with Crippen LogP contribution in [-0.4, -0.2) is 124 Å². The van der Waals surface area contributed by atoms with Crippen LogP contribution in [0.25, 0.3) is 0 Å². The van der Waals surface area contributed by atoms with Crippen molar-refractivity contribution in [3.05, 3.63) is 29.8 Å². The fourth-order valence-electron chi connectivity index (χ4n) is 4.52. The molecule has 0 saturated carbocycles. The van der Waals surface area contributed by atoms with Crippen molar-refractivity contribution in [1.29, 1.82) is 0 Å². The lowest BCUT2D eigenvalue weighted by Crippen LogP contribution is -2.50. The number of phenols is 1. The van der Waals surface area contributed by atoms with E-state index in [1.54, 1.807) is 7.05 Å². The molecule has 17 nitrogen and oxygen atoms in total. The van der Waals surface area contributed by atoms with E-state index in [-0.39, 0.29) is 56.5 Å². The number of hydroxylamine groups is 2. The molecule has 262 valence electrons. The molecule has 0 aliphatic rings. The predicted molar refractivity (Wildman–Crippen MR) is 164 cm³/mol. The number of hydrogen-bond donors (Lipinski definition) is 9. The van der Waals surface area contributed by atoms with Crippen LogP contribution in [0.5, 0.6) is 5.75 Å². The van der Waals surface area contributed by atoms with Crippen LogP contribution < -0.4 is 21.3 Å². The standard InChI is InChI=1S/C30H45N5O12/c1-31-11-4-8-22(30(46)32-12-10-27(42)43)33-28(44)19(6-5-13-35(47)18-38)14-26(41)23(17-37)34-29(45)20(16-36)15-25(40)21-7-2-3-9-24(21)39/h2-3,7,9,18-20,22-23,31,36-37,39,47H,4-6,8,10-17H2,1H3,(H,32,46)(H,33,44)(H,34,45)(H,42,43)/t19-,20-,22+,23-/m0/s1. The highest BCUT2D eigenvalue weighted by Gasteiger charge is 2.32. The third-order valence-electron chi connectivity index (χ3n) is 7.19. The molecule has 0 spiro atoms. The van der Waals surface area contributed by atoms with E-state index in [4.69, 9.17) is 5.11 Å². The number of nitrogens with zero attached hydrogens (tertiary/aromatic N) is 1. The Morgan fingerprint density at radius 1 is 0.851 bits per heavy atom. The van der Waals surface area contributed by atoms with Gasteiger partial charge in [-0.2, -0.15) is 0 Å². The minimum Gasteiger partial charge on any atom is -0.507 e. The summed E-state index contributed by atoms with van der Waals surface area (Å²) in [5, 5.41) is 58.5. The number of carbonyl (C=O) groups is 7. The second-order valence-electron chi connectivity index (χ2n) is 10.8. The van der Waals surface area contributed by atoms with Crippen molar-refractivity contribution in [2.24, 2.45) is 11.8 Å². The zero-order chi connectivity index (χ0) is 35.4. The fraction of sp³-hybridized carbons (Fsp3) is 0.567. The number of carbonyl (C=O) groups excluding carboxylic acids is 6. The molecular formula is C30H45N5O12. The molecule has 1 rings (SSSR count). The first-order chi connectivity index (χ1) is 22.4. The molecule has 4 atom stereocenters. The van der Waals surface area contributed by atoms with Crippen molar-refractivity contribution >= 4 is 41.7 Å². The first kappa shape index (κ1) is 40.6. The minimum absolute atomic E-state index is 0.0486. The summed E-state index contributed by atoms with van der Waals surface area (Å²) >= 11 is 0. The molecule has 0 unspecified atom stereocenters. The number of aromatic hydroxyl groups is 1. The van der Waals surface area contributed by atoms with Gasteiger partial charge in [0.1, 0.15) is 17.8 Å². The van der Waals surface area contributed by atoms with Crippen LogP contribution in [0.1, 0.15) is 55.3 Å². The number of aliphatic carboxylic acids is 1. The quantitative estimate of drug-likeness (QED) is 0.0186. The number of amides is 4. The Morgan fingerprint density at radius 2 is 1.51 bits per heavy atom. The summed E-state index contributed by atoms with van der Waals surface area (Å²) < 4.78 is 0. The number of phenolic OH excluding ortho intramolecular Hbond substituents is 1. The third-order valence-corrected chi connectivity index (χ3v) is 7.19. The van der Waals surface area contributed by atoms with E-state index in [9.17, 15) is 54.1 Å². The number of aliphatic hydroxyl groups excluding tert-OH is 2. The number of hydrogen-bond acceptors (Lipinski definition) is 12. The average molecular weight is 668 g/mol. The van der Waals surface area contributed by atoms with Gasteiger partial charge in [-0.25, -0.2) is 5.06 Å². The Kier molecular flexibility index (Phi) is 19.1. The molecule has 0 heterocycles. The van der Waals surface area contributed by atoms with Gasteiger partial charge in [0.25, 0.3) is 0 Å². The SMILES string of the molecule is CNCCC[C@@H](NC(=O)[C@@H](CCCN(O)C=O)CC(=O)[C@H](CO)NC(=O)[C@H](CO)CC(=O)c1ccccc1O)C(=O)NCCC(=O)O. The smallest absolute Gasteiger partial charge is 0.305 e. The summed E-state index contributed by atoms with van der Waals surface area (Å²) in [4.78, 5) is 86.5. The Labute approximate surface area is 271 Å². The highest BCUT2D eigenvalue weighted by molar-refractivity contribution is 6.01. The van der Waals surface area contributed by atoms with Crippen LogP contribution >= 0.6 is 0 Å². The number of aliphatic hydroxyl groups is 2. The van der Waals surface area contributed by atoms with E-state index in [1.165, 1.54) is 24.3 Å². The van der Waals surface area contributed by atoms with Crippen molar-refractivity contribution in [1.82, 2.24) is 26.3 Å². The largest absolute Gasteiger partial charge is 0.507 e. The molecule has 0 bridgehead atoms. The summed E-state index contributed by atoms with van der Waals surface area (Å²) in [6, 6.07) is 2.99. The van der Waals surface area contributed by atoms with Gasteiger partial charge >= 0.3 is 5.97 Å². The van der Waals surface area contributed by atoms with Crippen molar-refractivity contribution in [3.8, 4) is 5.75 Å². The summed E-state index contributed by atoms with van der Waals surface area (Å²) in [7, 11) is 1.69. The number of rotatable bonds is 25. The van der Waals surface area contributed by atoms with Crippen molar-refractivity contribution in [2.75, 3.05) is 39.9 Å². The number of para-hydroxylation sites is 1. The van der Waals surface area contributed by atoms with Gasteiger partial charge in [0.2, 0.25) is 24.1 Å². The van der Waals surface area contributed by atoms with Gasteiger partial charge in [0, 0.05) is 31.8 Å². The Hall–Kier alpha value is -4.45.